The van der Waals surface area contributed by atoms with Crippen LogP contribution in [0.3, 0.4) is 0 Å². The van der Waals surface area contributed by atoms with E-state index in [0.717, 1.165) is 28.3 Å². The van der Waals surface area contributed by atoms with Crippen molar-refractivity contribution in [3.8, 4) is 17.3 Å². The fraction of sp³-hybridized carbons (Fsp3) is 0.250. The summed E-state index contributed by atoms with van der Waals surface area (Å²) in [6, 6.07) is 15.6. The van der Waals surface area contributed by atoms with Gasteiger partial charge in [-0.25, -0.2) is 10.5 Å². The molecule has 26 heavy (non-hydrogen) atoms. The number of nitrogens with zero attached hydrogens (tertiary/aromatic N) is 3. The number of aryl methyl sites for hydroxylation is 1. The Balaban J connectivity index is 1.79. The fourth-order valence-corrected chi connectivity index (χ4v) is 2.79. The van der Waals surface area contributed by atoms with Gasteiger partial charge in [0.25, 0.3) is 0 Å². The van der Waals surface area contributed by atoms with Gasteiger partial charge in [-0.1, -0.05) is 24.3 Å². The van der Waals surface area contributed by atoms with Crippen molar-refractivity contribution in [1.82, 2.24) is 9.78 Å². The highest BCUT2D eigenvalue weighted by Gasteiger charge is 2.11. The first-order valence-electron chi connectivity index (χ1n) is 8.57. The summed E-state index contributed by atoms with van der Waals surface area (Å²) in [5, 5.41) is 6.11. The van der Waals surface area contributed by atoms with Gasteiger partial charge in [-0.05, 0) is 37.6 Å². The van der Waals surface area contributed by atoms with Crippen LogP contribution in [0.2, 0.25) is 0 Å². The Bertz CT molecular complexity index is 874. The van der Waals surface area contributed by atoms with E-state index in [4.69, 9.17) is 15.3 Å². The summed E-state index contributed by atoms with van der Waals surface area (Å²) in [5.74, 6) is 7.26. The zero-order valence-electron chi connectivity index (χ0n) is 15.3. The van der Waals surface area contributed by atoms with Crippen molar-refractivity contribution in [2.45, 2.75) is 20.5 Å². The predicted octanol–water partition coefficient (Wildman–Crippen LogP) is 3.47. The second kappa shape index (κ2) is 7.93. The molecule has 0 spiro atoms. The number of anilines is 1. The number of aromatic nitrogens is 2. The summed E-state index contributed by atoms with van der Waals surface area (Å²) in [6.45, 7) is 5.00. The van der Waals surface area contributed by atoms with E-state index >= 15 is 0 Å². The summed E-state index contributed by atoms with van der Waals surface area (Å²) < 4.78 is 13.3. The van der Waals surface area contributed by atoms with Gasteiger partial charge in [0.05, 0.1) is 12.3 Å². The van der Waals surface area contributed by atoms with Crippen molar-refractivity contribution in [2.24, 2.45) is 5.84 Å². The van der Waals surface area contributed by atoms with Gasteiger partial charge in [-0.15, -0.1) is 5.10 Å². The average Bonchev–Trinajstić information content (AvgIpc) is 3.10. The number of nitrogens with two attached hydrogens (primary N) is 1. The predicted molar refractivity (Wildman–Crippen MR) is 103 cm³/mol. The van der Waals surface area contributed by atoms with Crippen LogP contribution in [0.4, 0.5) is 5.69 Å². The first-order valence-corrected chi connectivity index (χ1v) is 8.57. The van der Waals surface area contributed by atoms with Crippen LogP contribution in [0, 0.1) is 6.92 Å². The van der Waals surface area contributed by atoms with Crippen LogP contribution in [0.15, 0.2) is 54.7 Å². The molecule has 2 N–H and O–H groups in total. The van der Waals surface area contributed by atoms with Gasteiger partial charge in [-0.3, -0.25) is 0 Å². The molecule has 6 nitrogen and oxygen atoms in total. The number of hydrogen-bond acceptors (Lipinski definition) is 5. The maximum Gasteiger partial charge on any atom is 0.233 e. The molecule has 0 aliphatic carbocycles. The highest BCUT2D eigenvalue weighted by Crippen LogP contribution is 2.25. The van der Waals surface area contributed by atoms with Crippen molar-refractivity contribution < 1.29 is 9.47 Å². The minimum absolute atomic E-state index is 0.396. The summed E-state index contributed by atoms with van der Waals surface area (Å²) in [6.07, 6.45) is 1.86. The molecule has 2 aromatic carbocycles. The molecule has 0 radical (unpaired) electrons. The molecular weight excluding hydrogens is 328 g/mol. The van der Waals surface area contributed by atoms with Crippen LogP contribution in [0.1, 0.15) is 18.1 Å². The molecule has 0 aliphatic heterocycles. The van der Waals surface area contributed by atoms with Crippen LogP contribution < -0.4 is 20.3 Å². The van der Waals surface area contributed by atoms with Crippen LogP contribution >= 0.6 is 0 Å². The number of rotatable bonds is 7. The van der Waals surface area contributed by atoms with Gasteiger partial charge in [0.15, 0.2) is 0 Å². The van der Waals surface area contributed by atoms with E-state index in [-0.39, 0.29) is 0 Å². The zero-order valence-corrected chi connectivity index (χ0v) is 15.3. The Labute approximate surface area is 153 Å². The molecule has 6 heteroatoms. The highest BCUT2D eigenvalue weighted by molar-refractivity contribution is 5.55. The Morgan fingerprint density at radius 1 is 1.08 bits per heavy atom. The molecule has 0 amide bonds. The van der Waals surface area contributed by atoms with E-state index in [0.29, 0.717) is 19.1 Å². The molecule has 0 unspecified atom stereocenters. The number of para-hydroxylation sites is 2. The maximum absolute atomic E-state index is 5.92. The van der Waals surface area contributed by atoms with Gasteiger partial charge in [-0.2, -0.15) is 0 Å². The Hall–Kier alpha value is -2.99. The Morgan fingerprint density at radius 2 is 1.88 bits per heavy atom. The number of ether oxygens (including phenoxy) is 2. The summed E-state index contributed by atoms with van der Waals surface area (Å²) in [5.41, 5.74) is 3.98. The molecule has 0 bridgehead atoms. The van der Waals surface area contributed by atoms with Crippen molar-refractivity contribution in [3.05, 3.63) is 65.9 Å². The molecule has 0 atom stereocenters. The normalized spacial score (nSPS) is 10.6. The Kier molecular flexibility index (Phi) is 5.43. The lowest BCUT2D eigenvalue weighted by molar-refractivity contribution is 0.291. The van der Waals surface area contributed by atoms with Gasteiger partial charge >= 0.3 is 0 Å². The van der Waals surface area contributed by atoms with E-state index < -0.39 is 0 Å². The molecule has 1 heterocycles. The van der Waals surface area contributed by atoms with E-state index in [1.807, 2.05) is 75.6 Å². The minimum Gasteiger partial charge on any atom is -0.492 e. The van der Waals surface area contributed by atoms with E-state index in [2.05, 4.69) is 5.10 Å². The Morgan fingerprint density at radius 3 is 2.65 bits per heavy atom. The van der Waals surface area contributed by atoms with Crippen LogP contribution in [-0.2, 0) is 6.61 Å². The third-order valence-corrected chi connectivity index (χ3v) is 4.11. The van der Waals surface area contributed by atoms with Crippen LogP contribution in [0.5, 0.6) is 11.6 Å². The van der Waals surface area contributed by atoms with Gasteiger partial charge in [0.1, 0.15) is 18.0 Å². The molecule has 136 valence electrons. The lowest BCUT2D eigenvalue weighted by atomic mass is 10.1. The fourth-order valence-electron chi connectivity index (χ4n) is 2.79. The quantitative estimate of drug-likeness (QED) is 0.521. The largest absolute Gasteiger partial charge is 0.492 e. The first-order chi connectivity index (χ1) is 12.6. The standard InChI is InChI=1S/C20H24N4O2/c1-4-25-19-11-6-5-9-18(19)24-13-12-20(22-24)26-14-16-15(2)8-7-10-17(16)23(3)21/h5-13H,4,14,21H2,1-3H3. The third-order valence-electron chi connectivity index (χ3n) is 4.11. The van der Waals surface area contributed by atoms with Crippen molar-refractivity contribution in [1.29, 1.82) is 0 Å². The van der Waals surface area contributed by atoms with Crippen molar-refractivity contribution in [2.75, 3.05) is 18.7 Å². The van der Waals surface area contributed by atoms with Crippen molar-refractivity contribution in [3.63, 3.8) is 0 Å². The molecule has 0 aliphatic rings. The van der Waals surface area contributed by atoms with Crippen LogP contribution in [-0.4, -0.2) is 23.4 Å². The lowest BCUT2D eigenvalue weighted by Crippen LogP contribution is -2.26. The maximum atomic E-state index is 5.92. The van der Waals surface area contributed by atoms with E-state index in [1.165, 1.54) is 0 Å². The molecule has 0 saturated carbocycles. The number of hydrazine groups is 1. The van der Waals surface area contributed by atoms with Crippen molar-refractivity contribution >= 4 is 5.69 Å². The molecule has 3 aromatic rings. The van der Waals surface area contributed by atoms with Gasteiger partial charge < -0.3 is 14.5 Å². The molecule has 0 saturated heterocycles. The summed E-state index contributed by atoms with van der Waals surface area (Å²) in [4.78, 5) is 0. The molecular formula is C20H24N4O2. The molecule has 3 rings (SSSR count). The topological polar surface area (TPSA) is 65.5 Å². The summed E-state index contributed by atoms with van der Waals surface area (Å²) >= 11 is 0. The van der Waals surface area contributed by atoms with Crippen LogP contribution in [0.25, 0.3) is 5.69 Å². The average molecular weight is 352 g/mol. The minimum atomic E-state index is 0.396. The number of benzene rings is 2. The van der Waals surface area contributed by atoms with Gasteiger partial charge in [0, 0.05) is 24.9 Å². The van der Waals surface area contributed by atoms with Gasteiger partial charge in [0.2, 0.25) is 5.88 Å². The first kappa shape index (κ1) is 17.8. The SMILES string of the molecule is CCOc1ccccc1-n1ccc(OCc2c(C)cccc2N(C)N)n1. The second-order valence-electron chi connectivity index (χ2n) is 5.97. The van der Waals surface area contributed by atoms with E-state index in [9.17, 15) is 0 Å². The zero-order chi connectivity index (χ0) is 18.5. The second-order valence-corrected chi connectivity index (χ2v) is 5.97. The monoisotopic (exact) mass is 352 g/mol. The third kappa shape index (κ3) is 3.81. The molecule has 0 fully saturated rings. The molecule has 1 aromatic heterocycles. The smallest absolute Gasteiger partial charge is 0.233 e. The summed E-state index contributed by atoms with van der Waals surface area (Å²) in [7, 11) is 1.82. The highest BCUT2D eigenvalue weighted by atomic mass is 16.5. The number of hydrogen-bond donors (Lipinski definition) is 1. The lowest BCUT2D eigenvalue weighted by Gasteiger charge is -2.18. The van der Waals surface area contributed by atoms with E-state index in [1.54, 1.807) is 9.69 Å².